The van der Waals surface area contributed by atoms with Gasteiger partial charge in [-0.25, -0.2) is 0 Å². The van der Waals surface area contributed by atoms with E-state index >= 15 is 0 Å². The summed E-state index contributed by atoms with van der Waals surface area (Å²) in [4.78, 5) is 0. The van der Waals surface area contributed by atoms with E-state index in [0.29, 0.717) is 24.3 Å². The van der Waals surface area contributed by atoms with E-state index in [1.165, 1.54) is 5.56 Å². The smallest absolute Gasteiger partial charge is 0.0667 e. The Labute approximate surface area is 118 Å². The van der Waals surface area contributed by atoms with Gasteiger partial charge >= 0.3 is 0 Å². The molecule has 2 N–H and O–H groups in total. The molecule has 1 aromatic rings. The fraction of sp³-hybridized carbons (Fsp3) is 0.647. The predicted octanol–water partition coefficient (Wildman–Crippen LogP) is 3.42. The number of rotatable bonds is 8. The van der Waals surface area contributed by atoms with Gasteiger partial charge in [0.1, 0.15) is 0 Å². The van der Waals surface area contributed by atoms with Gasteiger partial charge in [0, 0.05) is 13.1 Å². The molecule has 0 amide bonds. The van der Waals surface area contributed by atoms with Crippen LogP contribution in [0.5, 0.6) is 0 Å². The first-order valence-corrected chi connectivity index (χ1v) is 7.44. The number of hydrogen-bond acceptors (Lipinski definition) is 2. The van der Waals surface area contributed by atoms with Crippen molar-refractivity contribution >= 4 is 0 Å². The molecule has 0 bridgehead atoms. The highest BCUT2D eigenvalue weighted by molar-refractivity contribution is 5.20. The van der Waals surface area contributed by atoms with Crippen LogP contribution in [-0.4, -0.2) is 24.3 Å². The zero-order valence-corrected chi connectivity index (χ0v) is 12.8. The van der Waals surface area contributed by atoms with Crippen LogP contribution in [0.25, 0.3) is 0 Å². The fourth-order valence-corrected chi connectivity index (χ4v) is 2.47. The molecule has 1 rings (SSSR count). The largest absolute Gasteiger partial charge is 0.392 e. The van der Waals surface area contributed by atoms with Gasteiger partial charge in [-0.05, 0) is 29.7 Å². The minimum Gasteiger partial charge on any atom is -0.392 e. The van der Waals surface area contributed by atoms with Crippen molar-refractivity contribution in [1.82, 2.24) is 5.32 Å². The topological polar surface area (TPSA) is 32.3 Å². The summed E-state index contributed by atoms with van der Waals surface area (Å²) in [6, 6.07) is 10.6. The normalized spacial score (nSPS) is 14.9. The van der Waals surface area contributed by atoms with E-state index in [2.05, 4.69) is 63.3 Å². The Kier molecular flexibility index (Phi) is 7.11. The lowest BCUT2D eigenvalue weighted by atomic mass is 9.88. The molecule has 2 heteroatoms. The third-order valence-electron chi connectivity index (χ3n) is 3.52. The van der Waals surface area contributed by atoms with E-state index in [1.807, 2.05) is 0 Å². The summed E-state index contributed by atoms with van der Waals surface area (Å²) in [5, 5.41) is 13.3. The quantitative estimate of drug-likeness (QED) is 0.753. The first-order chi connectivity index (χ1) is 9.00. The maximum Gasteiger partial charge on any atom is 0.0667 e. The van der Waals surface area contributed by atoms with Gasteiger partial charge in [0.15, 0.2) is 0 Å². The number of benzene rings is 1. The summed E-state index contributed by atoms with van der Waals surface area (Å²) in [6.07, 6.45) is 0.633. The molecule has 0 aliphatic carbocycles. The first kappa shape index (κ1) is 16.2. The van der Waals surface area contributed by atoms with Gasteiger partial charge in [0.05, 0.1) is 6.10 Å². The minimum absolute atomic E-state index is 0.233. The Morgan fingerprint density at radius 2 is 1.63 bits per heavy atom. The Balaban J connectivity index is 2.43. The molecule has 0 saturated carbocycles. The van der Waals surface area contributed by atoms with Gasteiger partial charge in [0.2, 0.25) is 0 Å². The van der Waals surface area contributed by atoms with Crippen LogP contribution in [0.15, 0.2) is 30.3 Å². The zero-order valence-electron chi connectivity index (χ0n) is 12.8. The molecular formula is C17H29NO. The number of aliphatic hydroxyl groups excluding tert-OH is 1. The fourth-order valence-electron chi connectivity index (χ4n) is 2.47. The van der Waals surface area contributed by atoms with Crippen LogP contribution < -0.4 is 5.32 Å². The summed E-state index contributed by atoms with van der Waals surface area (Å²) < 4.78 is 0. The molecule has 0 aromatic heterocycles. The lowest BCUT2D eigenvalue weighted by Crippen LogP contribution is -2.32. The molecule has 2 unspecified atom stereocenters. The Hall–Kier alpha value is -0.860. The van der Waals surface area contributed by atoms with Gasteiger partial charge in [-0.3, -0.25) is 0 Å². The van der Waals surface area contributed by atoms with Crippen LogP contribution in [0.1, 0.15) is 45.6 Å². The molecule has 0 heterocycles. The van der Waals surface area contributed by atoms with Crippen molar-refractivity contribution in [2.45, 2.75) is 46.1 Å². The second-order valence-corrected chi connectivity index (χ2v) is 6.20. The molecule has 0 aliphatic heterocycles. The summed E-state index contributed by atoms with van der Waals surface area (Å²) in [7, 11) is 0. The highest BCUT2D eigenvalue weighted by atomic mass is 16.3. The lowest BCUT2D eigenvalue weighted by molar-refractivity contribution is 0.145. The Morgan fingerprint density at radius 3 is 2.16 bits per heavy atom. The van der Waals surface area contributed by atoms with E-state index in [1.54, 1.807) is 0 Å². The SMILES string of the molecule is CC(C)CC(O)CNCC(c1ccccc1)C(C)C. The van der Waals surface area contributed by atoms with Crippen molar-refractivity contribution in [3.05, 3.63) is 35.9 Å². The number of hydrogen-bond donors (Lipinski definition) is 2. The van der Waals surface area contributed by atoms with Crippen LogP contribution >= 0.6 is 0 Å². The molecular weight excluding hydrogens is 234 g/mol. The van der Waals surface area contributed by atoms with Crippen LogP contribution in [-0.2, 0) is 0 Å². The van der Waals surface area contributed by atoms with Crippen molar-refractivity contribution in [2.75, 3.05) is 13.1 Å². The average Bonchev–Trinajstić information content (AvgIpc) is 2.34. The van der Waals surface area contributed by atoms with Crippen molar-refractivity contribution in [3.63, 3.8) is 0 Å². The maximum absolute atomic E-state index is 9.88. The average molecular weight is 263 g/mol. The van der Waals surface area contributed by atoms with Crippen molar-refractivity contribution < 1.29 is 5.11 Å². The van der Waals surface area contributed by atoms with Crippen molar-refractivity contribution in [2.24, 2.45) is 11.8 Å². The van der Waals surface area contributed by atoms with E-state index in [-0.39, 0.29) is 6.10 Å². The van der Waals surface area contributed by atoms with Gasteiger partial charge < -0.3 is 10.4 Å². The van der Waals surface area contributed by atoms with E-state index in [9.17, 15) is 5.11 Å². The van der Waals surface area contributed by atoms with Crippen LogP contribution in [0.2, 0.25) is 0 Å². The standard InChI is InChI=1S/C17H29NO/c1-13(2)10-16(19)11-18-12-17(14(3)4)15-8-6-5-7-9-15/h5-9,13-14,16-19H,10-12H2,1-4H3. The Morgan fingerprint density at radius 1 is 1.00 bits per heavy atom. The molecule has 0 saturated heterocycles. The molecule has 19 heavy (non-hydrogen) atoms. The molecule has 2 atom stereocenters. The summed E-state index contributed by atoms with van der Waals surface area (Å²) in [6.45, 7) is 10.4. The monoisotopic (exact) mass is 263 g/mol. The minimum atomic E-state index is -0.233. The number of nitrogens with one attached hydrogen (secondary N) is 1. The lowest BCUT2D eigenvalue weighted by Gasteiger charge is -2.23. The highest BCUT2D eigenvalue weighted by Gasteiger charge is 2.16. The second kappa shape index (κ2) is 8.34. The molecule has 0 aliphatic rings. The Bertz CT molecular complexity index is 334. The number of aliphatic hydroxyl groups is 1. The predicted molar refractivity (Wildman–Crippen MR) is 82.4 cm³/mol. The van der Waals surface area contributed by atoms with Gasteiger partial charge in [-0.2, -0.15) is 0 Å². The summed E-state index contributed by atoms with van der Waals surface area (Å²) >= 11 is 0. The molecule has 0 radical (unpaired) electrons. The molecule has 1 aromatic carbocycles. The van der Waals surface area contributed by atoms with Gasteiger partial charge in [0.25, 0.3) is 0 Å². The summed E-state index contributed by atoms with van der Waals surface area (Å²) in [5.74, 6) is 1.65. The summed E-state index contributed by atoms with van der Waals surface area (Å²) in [5.41, 5.74) is 1.38. The molecule has 2 nitrogen and oxygen atoms in total. The third kappa shape index (κ3) is 6.22. The van der Waals surface area contributed by atoms with Crippen molar-refractivity contribution in [1.29, 1.82) is 0 Å². The van der Waals surface area contributed by atoms with Gasteiger partial charge in [-0.1, -0.05) is 58.0 Å². The highest BCUT2D eigenvalue weighted by Crippen LogP contribution is 2.23. The van der Waals surface area contributed by atoms with Crippen LogP contribution in [0.3, 0.4) is 0 Å². The molecule has 108 valence electrons. The van der Waals surface area contributed by atoms with E-state index in [4.69, 9.17) is 0 Å². The van der Waals surface area contributed by atoms with Crippen LogP contribution in [0, 0.1) is 11.8 Å². The van der Waals surface area contributed by atoms with Crippen molar-refractivity contribution in [3.8, 4) is 0 Å². The molecule has 0 spiro atoms. The van der Waals surface area contributed by atoms with E-state index in [0.717, 1.165) is 13.0 Å². The first-order valence-electron chi connectivity index (χ1n) is 7.44. The second-order valence-electron chi connectivity index (χ2n) is 6.20. The zero-order chi connectivity index (χ0) is 14.3. The van der Waals surface area contributed by atoms with Gasteiger partial charge in [-0.15, -0.1) is 0 Å². The van der Waals surface area contributed by atoms with E-state index < -0.39 is 0 Å². The molecule has 0 fully saturated rings. The third-order valence-corrected chi connectivity index (χ3v) is 3.52. The van der Waals surface area contributed by atoms with Crippen LogP contribution in [0.4, 0.5) is 0 Å². The maximum atomic E-state index is 9.88.